The van der Waals surface area contributed by atoms with Crippen LogP contribution in [-0.2, 0) is 132 Å². The monoisotopic (exact) mass is 2090 g/mol. The van der Waals surface area contributed by atoms with E-state index in [0.717, 1.165) is 62.5 Å². The van der Waals surface area contributed by atoms with E-state index in [-0.39, 0.29) is 138 Å². The molecule has 0 radical (unpaired) electrons. The lowest BCUT2D eigenvalue weighted by Crippen LogP contribution is -2.58. The summed E-state index contributed by atoms with van der Waals surface area (Å²) in [5, 5.41) is 20.1. The topological polar surface area (TPSA) is 633 Å². The van der Waals surface area contributed by atoms with Gasteiger partial charge in [0, 0.05) is 169 Å². The number of ether oxygens (including phenoxy) is 3. The van der Waals surface area contributed by atoms with Crippen molar-refractivity contribution in [2.24, 2.45) is 17.4 Å². The maximum Gasteiger partial charge on any atom is 0.409 e. The zero-order valence-corrected chi connectivity index (χ0v) is 86.0. The van der Waals surface area contributed by atoms with Crippen molar-refractivity contribution in [1.29, 1.82) is 0 Å². The summed E-state index contributed by atoms with van der Waals surface area (Å²) in [6.45, 7) is -1.13. The highest BCUT2D eigenvalue weighted by Gasteiger charge is 2.48. The SMILES string of the molecule is CC(C)[C@H](NC(=O)[C@H](CC(=O)N(C)CC(=O)N(C)CC(=O)N(C)CC(=O)N(C)CC(=O)N(C)CC(=O)N(C)CC(=O)N(C)CC(=O)N(C)CC(=O)N(C)CC(N)=O)NC(=O)CCN1CC2(CCOCC2)c2nc(S(=O)(=O)C3CCCC3)ncc2C1=O)C(=O)N[C@@H](CCCNC(N)=O)C(=O)Nc1ccc(COC(=O)N(C)CCOCCc2ccc(NC(=O)NCc3ccc4c(c3)CN(C3CCC(=O)NC3=O)C4=O)cc2Cl)cc1. The van der Waals surface area contributed by atoms with E-state index in [2.05, 4.69) is 52.5 Å². The van der Waals surface area contributed by atoms with Crippen molar-refractivity contribution in [3.63, 3.8) is 0 Å². The van der Waals surface area contributed by atoms with Crippen LogP contribution in [0.25, 0.3) is 0 Å². The molecule has 5 heterocycles. The Kier molecular flexibility index (Phi) is 42.2. The zero-order chi connectivity index (χ0) is 108. The average molecular weight is 2090 g/mol. The Morgan fingerprint density at radius 3 is 1.65 bits per heavy atom. The number of aromatic nitrogens is 2. The van der Waals surface area contributed by atoms with E-state index in [9.17, 15) is 109 Å². The molecule has 3 fully saturated rings. The Bertz CT molecular complexity index is 5730. The molecule has 1 unspecified atom stereocenters. The second-order valence-corrected chi connectivity index (χ2v) is 40.1. The lowest BCUT2D eigenvalue weighted by atomic mass is 9.73. The predicted octanol–water partition coefficient (Wildman–Crippen LogP) is -2.15. The molecule has 1 aromatic heterocycles. The third-order valence-corrected chi connectivity index (χ3v) is 28.2. The van der Waals surface area contributed by atoms with Crippen molar-refractivity contribution < 1.29 is 123 Å². The molecule has 1 saturated carbocycles. The summed E-state index contributed by atoms with van der Waals surface area (Å²) in [7, 11) is 8.96. The molecular formula is C95H131ClN24O26S. The number of piperidine rings is 1. The summed E-state index contributed by atoms with van der Waals surface area (Å²) >= 11 is 6.61. The van der Waals surface area contributed by atoms with Gasteiger partial charge in [-0.25, -0.2) is 32.8 Å². The third kappa shape index (κ3) is 33.2. The predicted molar refractivity (Wildman–Crippen MR) is 526 cm³/mol. The van der Waals surface area contributed by atoms with Gasteiger partial charge in [-0.2, -0.15) is 0 Å². The number of hydrogen-bond acceptors (Lipinski definition) is 28. The molecule has 1 aliphatic carbocycles. The van der Waals surface area contributed by atoms with E-state index in [4.69, 9.17) is 37.3 Å². The van der Waals surface area contributed by atoms with Crippen molar-refractivity contribution in [1.82, 2.24) is 101 Å². The van der Waals surface area contributed by atoms with Gasteiger partial charge in [0.05, 0.1) is 95.0 Å². The average Bonchev–Trinajstić information content (AvgIpc) is 1.38. The van der Waals surface area contributed by atoms with Crippen LogP contribution in [-0.4, -0.2) is 413 Å². The van der Waals surface area contributed by atoms with E-state index < -0.39 is 228 Å². The number of hydrogen-bond donors (Lipinski definition) is 10. The van der Waals surface area contributed by atoms with Crippen LogP contribution in [0.1, 0.15) is 140 Å². The van der Waals surface area contributed by atoms with Crippen LogP contribution in [0.3, 0.4) is 0 Å². The number of carbonyl (C=O) groups excluding carboxylic acids is 21. The number of anilines is 2. The lowest BCUT2D eigenvalue weighted by molar-refractivity contribution is -0.146. The molecule has 1 spiro atoms. The molecule has 147 heavy (non-hydrogen) atoms. The molecule has 23 amide bonds. The molecule has 4 atom stereocenters. The van der Waals surface area contributed by atoms with Crippen molar-refractivity contribution >= 4 is 157 Å². The number of fused-ring (bicyclic) bond motifs is 3. The van der Waals surface area contributed by atoms with Gasteiger partial charge in [0.25, 0.3) is 11.8 Å². The first-order chi connectivity index (χ1) is 69.4. The standard InChI is InChI=1S/C95H131ClN24O26S/c1-57(2)83(88(136)105-68(18-15-33-99-91(98)139)85(133)102-62-23-19-58(20-24-62)55-146-94(141)109(3)35-39-144-36-30-60-22-25-63(41-67(60)96)103-92(140)100-43-59-21-26-65-61(40-59)45-120(90(65)138)70-27-28-72(122)106-87(70)135)107-86(134)69(104-73(123)29-34-119-56-95(31-37-145-38-32-95)84-66(89(119)137)44-101-93(108-84)147(142,143)64-16-13-14-17-64)42-74(124)111(5)47-76(126)113(7)49-78(128)115(9)51-80(130)117(11)53-82(132)118(12)54-81(131)116(10)52-79(129)114(8)50-77(127)112(6)48-75(125)110(4)46-71(97)121/h19-26,40-41,44,57,64,68-70,83H,13-18,27-39,42-43,45-56H2,1-12H3,(H2,97,121)(H,102,133)(H,104,123)(H,105,136)(H,107,134)(H3,98,99,139)(H2,100,103,140)(H,106,122,135)/t68-,69-,70?,83-/m0/s1. The summed E-state index contributed by atoms with van der Waals surface area (Å²) in [5.74, 6) is -13.7. The maximum atomic E-state index is 14.9. The molecule has 4 aromatic rings. The van der Waals surface area contributed by atoms with Gasteiger partial charge in [0.15, 0.2) is 0 Å². The number of benzene rings is 3. The molecule has 4 aliphatic heterocycles. The highest BCUT2D eigenvalue weighted by molar-refractivity contribution is 7.91. The molecule has 12 N–H and O–H groups in total. The number of sulfone groups is 1. The molecule has 800 valence electrons. The zero-order valence-electron chi connectivity index (χ0n) is 84.5. The Morgan fingerprint density at radius 2 is 1.12 bits per heavy atom. The van der Waals surface area contributed by atoms with Crippen molar-refractivity contribution in [3.8, 4) is 0 Å². The fourth-order valence-corrected chi connectivity index (χ4v) is 18.5. The minimum atomic E-state index is -3.97. The Balaban J connectivity index is 0.768. The Hall–Kier alpha value is -14.6. The first-order valence-electron chi connectivity index (χ1n) is 47.7. The number of rotatable bonds is 49. The van der Waals surface area contributed by atoms with Crippen LogP contribution in [0.5, 0.6) is 0 Å². The van der Waals surface area contributed by atoms with E-state index in [0.29, 0.717) is 65.1 Å². The fraction of sp³-hybridized carbons (Fsp3) is 0.547. The summed E-state index contributed by atoms with van der Waals surface area (Å²) in [5.41, 5.74) is 13.5. The van der Waals surface area contributed by atoms with E-state index >= 15 is 0 Å². The van der Waals surface area contributed by atoms with Crippen LogP contribution in [0.15, 0.2) is 72.0 Å². The molecule has 0 bridgehead atoms. The van der Waals surface area contributed by atoms with Gasteiger partial charge < -0.3 is 122 Å². The molecule has 52 heteroatoms. The van der Waals surface area contributed by atoms with Gasteiger partial charge in [-0.05, 0) is 110 Å². The van der Waals surface area contributed by atoms with Crippen molar-refractivity contribution in [2.45, 2.75) is 157 Å². The van der Waals surface area contributed by atoms with Gasteiger partial charge in [0.2, 0.25) is 110 Å². The van der Waals surface area contributed by atoms with Gasteiger partial charge in [-0.1, -0.05) is 68.6 Å². The number of nitrogens with two attached hydrogens (primary N) is 2. The van der Waals surface area contributed by atoms with Crippen LogP contribution >= 0.6 is 11.6 Å². The number of likely N-dealkylation sites (N-methyl/N-ethyl adjacent to an activating group) is 10. The minimum absolute atomic E-state index is 0.0203. The number of nitrogens with zero attached hydrogens (tertiary/aromatic N) is 14. The number of nitrogens with one attached hydrogen (secondary N) is 8. The van der Waals surface area contributed by atoms with Crippen LogP contribution in [0.4, 0.5) is 25.8 Å². The van der Waals surface area contributed by atoms with Crippen LogP contribution in [0.2, 0.25) is 5.02 Å². The molecule has 5 aliphatic rings. The van der Waals surface area contributed by atoms with E-state index in [1.807, 2.05) is 0 Å². The molecule has 9 rings (SSSR count). The van der Waals surface area contributed by atoms with Crippen LogP contribution < -0.4 is 54.0 Å². The van der Waals surface area contributed by atoms with Gasteiger partial charge in [-0.3, -0.25) is 91.6 Å². The summed E-state index contributed by atoms with van der Waals surface area (Å²) < 4.78 is 44.8. The largest absolute Gasteiger partial charge is 0.445 e. The lowest BCUT2D eigenvalue weighted by Gasteiger charge is -2.44. The van der Waals surface area contributed by atoms with Crippen molar-refractivity contribution in [3.05, 3.63) is 111 Å². The first-order valence-corrected chi connectivity index (χ1v) is 49.7. The van der Waals surface area contributed by atoms with Crippen LogP contribution in [0, 0.1) is 5.92 Å². The Morgan fingerprint density at radius 1 is 0.585 bits per heavy atom. The van der Waals surface area contributed by atoms with Gasteiger partial charge >= 0.3 is 18.2 Å². The molecule has 50 nitrogen and oxygen atoms in total. The highest BCUT2D eigenvalue weighted by Crippen LogP contribution is 2.42. The number of carbonyl (C=O) groups is 21. The normalized spacial score (nSPS) is 15.3. The van der Waals surface area contributed by atoms with E-state index in [1.54, 1.807) is 62.4 Å². The number of urea groups is 2. The quantitative estimate of drug-likeness (QED) is 0.0128. The minimum Gasteiger partial charge on any atom is -0.445 e. The van der Waals surface area contributed by atoms with Gasteiger partial charge in [-0.15, -0.1) is 0 Å². The number of imide groups is 1. The van der Waals surface area contributed by atoms with Crippen molar-refractivity contribution in [2.75, 3.05) is 193 Å². The third-order valence-electron chi connectivity index (χ3n) is 25.8. The Labute approximate surface area is 855 Å². The first kappa shape index (κ1) is 116. The maximum absolute atomic E-state index is 14.9. The summed E-state index contributed by atoms with van der Waals surface area (Å²) in [6.07, 6.45) is 2.74. The van der Waals surface area contributed by atoms with E-state index in [1.165, 1.54) is 104 Å². The second-order valence-electron chi connectivity index (χ2n) is 37.5. The highest BCUT2D eigenvalue weighted by atomic mass is 35.5. The number of halogens is 1. The fourth-order valence-electron chi connectivity index (χ4n) is 16.6. The summed E-state index contributed by atoms with van der Waals surface area (Å²) in [6, 6.07) is 9.40. The number of primary amides is 2. The molecule has 2 saturated heterocycles. The van der Waals surface area contributed by atoms with Gasteiger partial charge in [0.1, 0.15) is 30.8 Å². The smallest absolute Gasteiger partial charge is 0.409 e. The molecule has 3 aromatic carbocycles. The number of amides is 23. The second kappa shape index (κ2) is 53.5. The summed E-state index contributed by atoms with van der Waals surface area (Å²) in [4.78, 5) is 301. The molecular weight excluding hydrogens is 1960 g/mol.